The Kier molecular flexibility index (Phi) is 5.10. The van der Waals surface area contributed by atoms with E-state index in [1.54, 1.807) is 10.6 Å². The van der Waals surface area contributed by atoms with Crippen LogP contribution in [0, 0.1) is 11.6 Å². The highest BCUT2D eigenvalue weighted by molar-refractivity contribution is 7.99. The van der Waals surface area contributed by atoms with E-state index in [1.807, 2.05) is 0 Å². The van der Waals surface area contributed by atoms with Crippen molar-refractivity contribution in [2.24, 2.45) is 0 Å². The van der Waals surface area contributed by atoms with Crippen molar-refractivity contribution < 1.29 is 13.6 Å². The third kappa shape index (κ3) is 4.04. The van der Waals surface area contributed by atoms with Crippen LogP contribution in [0.15, 0.2) is 36.0 Å². The first-order valence-electron chi connectivity index (χ1n) is 6.18. The number of allylic oxidation sites excluding steroid dienone is 1. The van der Waals surface area contributed by atoms with Crippen molar-refractivity contribution in [3.05, 3.63) is 42.5 Å². The normalized spacial score (nSPS) is 10.5. The summed E-state index contributed by atoms with van der Waals surface area (Å²) in [6.45, 7) is 4.01. The molecule has 0 saturated heterocycles. The molecule has 9 heteroatoms. The Hall–Kier alpha value is -2.42. The molecule has 0 saturated carbocycles. The van der Waals surface area contributed by atoms with Crippen LogP contribution in [0.5, 0.6) is 0 Å². The number of nitrogen functional groups attached to an aromatic ring is 1. The number of halogens is 2. The number of nitrogens with one attached hydrogen (secondary N) is 1. The molecule has 0 bridgehead atoms. The van der Waals surface area contributed by atoms with Crippen molar-refractivity contribution in [3.63, 3.8) is 0 Å². The summed E-state index contributed by atoms with van der Waals surface area (Å²) in [6, 6.07) is 2.79. The molecule has 1 amide bonds. The Morgan fingerprint density at radius 3 is 2.68 bits per heavy atom. The number of carbonyl (C=O) groups is 1. The van der Waals surface area contributed by atoms with Gasteiger partial charge in [-0.15, -0.1) is 16.8 Å². The van der Waals surface area contributed by atoms with E-state index in [4.69, 9.17) is 5.73 Å². The average Bonchev–Trinajstić information content (AvgIpc) is 2.77. The highest BCUT2D eigenvalue weighted by atomic mass is 32.2. The SMILES string of the molecule is C=CCn1c(N)nnc1SCC(=O)Nc1cc(F)cc(F)c1. The summed E-state index contributed by atoms with van der Waals surface area (Å²) in [6.07, 6.45) is 1.62. The van der Waals surface area contributed by atoms with Gasteiger partial charge in [0.1, 0.15) is 11.6 Å². The van der Waals surface area contributed by atoms with Crippen molar-refractivity contribution in [2.75, 3.05) is 16.8 Å². The fraction of sp³-hybridized carbons (Fsp3) is 0.154. The summed E-state index contributed by atoms with van der Waals surface area (Å²) in [5.74, 6) is -1.74. The molecule has 2 rings (SSSR count). The van der Waals surface area contributed by atoms with E-state index in [9.17, 15) is 13.6 Å². The van der Waals surface area contributed by atoms with Gasteiger partial charge >= 0.3 is 0 Å². The highest BCUT2D eigenvalue weighted by Crippen LogP contribution is 2.19. The summed E-state index contributed by atoms with van der Waals surface area (Å²) in [5, 5.41) is 10.4. The van der Waals surface area contributed by atoms with Gasteiger partial charge in [0.15, 0.2) is 5.16 Å². The zero-order valence-corrected chi connectivity index (χ0v) is 12.2. The second-order valence-electron chi connectivity index (χ2n) is 4.24. The van der Waals surface area contributed by atoms with Crippen molar-refractivity contribution >= 4 is 29.3 Å². The molecule has 1 heterocycles. The zero-order chi connectivity index (χ0) is 16.1. The molecule has 0 atom stereocenters. The Balaban J connectivity index is 1.97. The molecule has 0 spiro atoms. The van der Waals surface area contributed by atoms with Crippen LogP contribution in [0.2, 0.25) is 0 Å². The predicted octanol–water partition coefficient (Wildman–Crippen LogP) is 2.06. The van der Waals surface area contributed by atoms with Crippen LogP contribution in [0.1, 0.15) is 0 Å². The van der Waals surface area contributed by atoms with Crippen LogP contribution in [-0.4, -0.2) is 26.4 Å². The standard InChI is InChI=1S/C13H13F2N5OS/c1-2-3-20-12(16)18-19-13(20)22-7-11(21)17-10-5-8(14)4-9(15)6-10/h2,4-6H,1,3,7H2,(H2,16,18)(H,17,21). The lowest BCUT2D eigenvalue weighted by atomic mass is 10.3. The van der Waals surface area contributed by atoms with Gasteiger partial charge in [0.25, 0.3) is 0 Å². The number of nitrogens with zero attached hydrogens (tertiary/aromatic N) is 3. The predicted molar refractivity (Wildman–Crippen MR) is 80.3 cm³/mol. The fourth-order valence-electron chi connectivity index (χ4n) is 1.66. The Bertz CT molecular complexity index is 683. The lowest BCUT2D eigenvalue weighted by Gasteiger charge is -2.06. The topological polar surface area (TPSA) is 85.8 Å². The lowest BCUT2D eigenvalue weighted by molar-refractivity contribution is -0.113. The van der Waals surface area contributed by atoms with E-state index in [-0.39, 0.29) is 17.4 Å². The van der Waals surface area contributed by atoms with Gasteiger partial charge in [-0.1, -0.05) is 17.8 Å². The van der Waals surface area contributed by atoms with Crippen LogP contribution in [0.4, 0.5) is 20.4 Å². The lowest BCUT2D eigenvalue weighted by Crippen LogP contribution is -2.15. The number of hydrogen-bond acceptors (Lipinski definition) is 5. The summed E-state index contributed by atoms with van der Waals surface area (Å²) >= 11 is 1.11. The van der Waals surface area contributed by atoms with Crippen LogP contribution in [0.25, 0.3) is 0 Å². The number of benzene rings is 1. The number of nitrogens with two attached hydrogens (primary N) is 1. The molecule has 0 aliphatic heterocycles. The van der Waals surface area contributed by atoms with E-state index in [1.165, 1.54) is 0 Å². The second-order valence-corrected chi connectivity index (χ2v) is 5.18. The molecule has 3 N–H and O–H groups in total. The van der Waals surface area contributed by atoms with Gasteiger partial charge in [-0.25, -0.2) is 8.78 Å². The molecular weight excluding hydrogens is 312 g/mol. The zero-order valence-electron chi connectivity index (χ0n) is 11.4. The maximum absolute atomic E-state index is 13.0. The number of anilines is 2. The van der Waals surface area contributed by atoms with E-state index >= 15 is 0 Å². The molecule has 2 aromatic rings. The van der Waals surface area contributed by atoms with Crippen molar-refractivity contribution in [2.45, 2.75) is 11.7 Å². The summed E-state index contributed by atoms with van der Waals surface area (Å²) in [5.41, 5.74) is 5.69. The highest BCUT2D eigenvalue weighted by Gasteiger charge is 2.12. The average molecular weight is 325 g/mol. The molecule has 22 heavy (non-hydrogen) atoms. The summed E-state index contributed by atoms with van der Waals surface area (Å²) < 4.78 is 27.6. The first kappa shape index (κ1) is 16.0. The van der Waals surface area contributed by atoms with Gasteiger partial charge in [0, 0.05) is 18.3 Å². The Morgan fingerprint density at radius 1 is 1.36 bits per heavy atom. The van der Waals surface area contributed by atoms with Gasteiger partial charge in [-0.3, -0.25) is 9.36 Å². The molecule has 0 radical (unpaired) electrons. The number of aromatic nitrogens is 3. The smallest absolute Gasteiger partial charge is 0.234 e. The third-order valence-corrected chi connectivity index (χ3v) is 3.50. The van der Waals surface area contributed by atoms with Crippen LogP contribution in [0.3, 0.4) is 0 Å². The maximum Gasteiger partial charge on any atom is 0.234 e. The number of hydrogen-bond donors (Lipinski definition) is 2. The minimum atomic E-state index is -0.763. The van der Waals surface area contributed by atoms with Crippen molar-refractivity contribution in [3.8, 4) is 0 Å². The van der Waals surface area contributed by atoms with Crippen molar-refractivity contribution in [1.82, 2.24) is 14.8 Å². The van der Waals surface area contributed by atoms with Gasteiger partial charge in [0.2, 0.25) is 11.9 Å². The first-order chi connectivity index (χ1) is 10.5. The molecule has 116 valence electrons. The first-order valence-corrected chi connectivity index (χ1v) is 7.16. The minimum absolute atomic E-state index is 0.00654. The third-order valence-electron chi connectivity index (χ3n) is 2.54. The maximum atomic E-state index is 13.0. The summed E-state index contributed by atoms with van der Waals surface area (Å²) in [4.78, 5) is 11.8. The van der Waals surface area contributed by atoms with E-state index in [0.29, 0.717) is 11.7 Å². The number of rotatable bonds is 6. The molecule has 1 aromatic heterocycles. The van der Waals surface area contributed by atoms with Crippen molar-refractivity contribution in [1.29, 1.82) is 0 Å². The van der Waals surface area contributed by atoms with Crippen LogP contribution < -0.4 is 11.1 Å². The monoisotopic (exact) mass is 325 g/mol. The van der Waals surface area contributed by atoms with Gasteiger partial charge in [-0.2, -0.15) is 0 Å². The molecule has 0 aliphatic carbocycles. The van der Waals surface area contributed by atoms with Gasteiger partial charge < -0.3 is 11.1 Å². The minimum Gasteiger partial charge on any atom is -0.368 e. The van der Waals surface area contributed by atoms with E-state index in [2.05, 4.69) is 22.1 Å². The molecule has 0 aliphatic rings. The fourth-order valence-corrected chi connectivity index (χ4v) is 2.42. The molecule has 1 aromatic carbocycles. The van der Waals surface area contributed by atoms with Crippen LogP contribution >= 0.6 is 11.8 Å². The number of thioether (sulfide) groups is 1. The number of carbonyl (C=O) groups excluding carboxylic acids is 1. The Labute approximate surface area is 129 Å². The molecule has 0 unspecified atom stereocenters. The molecular formula is C13H13F2N5OS. The molecule has 0 fully saturated rings. The van der Waals surface area contributed by atoms with Gasteiger partial charge in [0.05, 0.1) is 5.75 Å². The largest absolute Gasteiger partial charge is 0.368 e. The van der Waals surface area contributed by atoms with Gasteiger partial charge in [-0.05, 0) is 12.1 Å². The second kappa shape index (κ2) is 7.03. The molecule has 6 nitrogen and oxygen atoms in total. The Morgan fingerprint density at radius 2 is 2.05 bits per heavy atom. The van der Waals surface area contributed by atoms with Crippen LogP contribution in [-0.2, 0) is 11.3 Å². The van der Waals surface area contributed by atoms with E-state index < -0.39 is 17.5 Å². The van der Waals surface area contributed by atoms with E-state index in [0.717, 1.165) is 30.0 Å². The summed E-state index contributed by atoms with van der Waals surface area (Å²) in [7, 11) is 0. The quantitative estimate of drug-likeness (QED) is 0.627. The number of amides is 1.